The molecular formula is C22H20FN7O3S2. The van der Waals surface area contributed by atoms with E-state index in [0.29, 0.717) is 27.5 Å². The Labute approximate surface area is 207 Å². The Morgan fingerprint density at radius 2 is 1.86 bits per heavy atom. The van der Waals surface area contributed by atoms with Gasteiger partial charge in [0.25, 0.3) is 5.91 Å². The topological polar surface area (TPSA) is 124 Å². The number of para-hydroxylation sites is 2. The molecule has 2 aromatic heterocycles. The fourth-order valence-corrected chi connectivity index (χ4v) is 4.47. The lowest BCUT2D eigenvalue weighted by Gasteiger charge is -2.14. The Morgan fingerprint density at radius 1 is 1.09 bits per heavy atom. The van der Waals surface area contributed by atoms with Crippen LogP contribution in [0.15, 0.2) is 53.7 Å². The van der Waals surface area contributed by atoms with Gasteiger partial charge in [0.15, 0.2) is 11.0 Å². The van der Waals surface area contributed by atoms with Crippen LogP contribution in [0.5, 0.6) is 5.75 Å². The highest BCUT2D eigenvalue weighted by Gasteiger charge is 2.20. The second kappa shape index (κ2) is 11.1. The van der Waals surface area contributed by atoms with Gasteiger partial charge >= 0.3 is 0 Å². The summed E-state index contributed by atoms with van der Waals surface area (Å²) in [5.74, 6) is -0.530. The van der Waals surface area contributed by atoms with E-state index < -0.39 is 11.7 Å². The number of hydrogen-bond donors (Lipinski definition) is 2. The molecule has 2 aromatic carbocycles. The summed E-state index contributed by atoms with van der Waals surface area (Å²) < 4.78 is 21.2. The second-order valence-corrected chi connectivity index (χ2v) is 9.16. The van der Waals surface area contributed by atoms with Crippen LogP contribution in [0.3, 0.4) is 0 Å². The number of aromatic nitrogens is 5. The van der Waals surface area contributed by atoms with Gasteiger partial charge in [-0.1, -0.05) is 47.4 Å². The SMILES string of the molecule is COc1ccccc1-n1c(CNC(=O)c2ccccc2F)nnc1SCC(=O)Nc1nnc(C)s1. The molecule has 0 saturated carbocycles. The first-order chi connectivity index (χ1) is 17.0. The molecule has 0 fully saturated rings. The summed E-state index contributed by atoms with van der Waals surface area (Å²) in [6, 6.07) is 12.9. The molecule has 2 heterocycles. The number of anilines is 1. The van der Waals surface area contributed by atoms with Crippen LogP contribution in [0.2, 0.25) is 0 Å². The molecule has 0 aliphatic rings. The molecule has 4 rings (SSSR count). The molecule has 0 aliphatic carbocycles. The van der Waals surface area contributed by atoms with Crippen LogP contribution < -0.4 is 15.4 Å². The van der Waals surface area contributed by atoms with Crippen LogP contribution in [0, 0.1) is 12.7 Å². The van der Waals surface area contributed by atoms with Gasteiger partial charge in [-0.2, -0.15) is 0 Å². The quantitative estimate of drug-likeness (QED) is 0.327. The molecule has 0 radical (unpaired) electrons. The normalized spacial score (nSPS) is 10.7. The van der Waals surface area contributed by atoms with Gasteiger partial charge in [0, 0.05) is 0 Å². The molecule has 2 N–H and O–H groups in total. The minimum absolute atomic E-state index is 0.0327. The lowest BCUT2D eigenvalue weighted by atomic mass is 10.2. The van der Waals surface area contributed by atoms with Crippen LogP contribution in [0.4, 0.5) is 9.52 Å². The number of ether oxygens (including phenoxy) is 1. The van der Waals surface area contributed by atoms with Crippen molar-refractivity contribution in [3.05, 3.63) is 70.7 Å². The molecular weight excluding hydrogens is 493 g/mol. The van der Waals surface area contributed by atoms with E-state index in [0.717, 1.165) is 16.8 Å². The van der Waals surface area contributed by atoms with Crippen molar-refractivity contribution in [1.82, 2.24) is 30.3 Å². The summed E-state index contributed by atoms with van der Waals surface area (Å²) in [4.78, 5) is 24.9. The number of carbonyl (C=O) groups is 2. The van der Waals surface area contributed by atoms with Crippen molar-refractivity contribution in [2.45, 2.75) is 18.6 Å². The number of nitrogens with zero attached hydrogens (tertiary/aromatic N) is 5. The molecule has 10 nitrogen and oxygen atoms in total. The first-order valence-corrected chi connectivity index (χ1v) is 12.1. The highest BCUT2D eigenvalue weighted by atomic mass is 32.2. The molecule has 0 aliphatic heterocycles. The van der Waals surface area contributed by atoms with E-state index in [1.54, 1.807) is 29.7 Å². The van der Waals surface area contributed by atoms with Crippen LogP contribution in [-0.2, 0) is 11.3 Å². The number of carbonyl (C=O) groups excluding carboxylic acids is 2. The predicted octanol–water partition coefficient (Wildman–Crippen LogP) is 3.24. The molecule has 0 bridgehead atoms. The van der Waals surface area contributed by atoms with Gasteiger partial charge in [0.2, 0.25) is 11.0 Å². The number of nitrogens with one attached hydrogen (secondary N) is 2. The monoisotopic (exact) mass is 513 g/mol. The minimum atomic E-state index is -0.621. The summed E-state index contributed by atoms with van der Waals surface area (Å²) in [6.07, 6.45) is 0. The van der Waals surface area contributed by atoms with Crippen molar-refractivity contribution in [3.63, 3.8) is 0 Å². The zero-order valence-corrected chi connectivity index (χ0v) is 20.3. The molecule has 2 amide bonds. The van der Waals surface area contributed by atoms with E-state index >= 15 is 0 Å². The highest BCUT2D eigenvalue weighted by molar-refractivity contribution is 7.99. The summed E-state index contributed by atoms with van der Waals surface area (Å²) in [6.45, 7) is 1.76. The lowest BCUT2D eigenvalue weighted by Crippen LogP contribution is -2.25. The van der Waals surface area contributed by atoms with E-state index in [2.05, 4.69) is 31.0 Å². The number of rotatable bonds is 9. The Bertz CT molecular complexity index is 1360. The molecule has 0 spiro atoms. The number of aryl methyl sites for hydroxylation is 1. The van der Waals surface area contributed by atoms with Gasteiger partial charge in [-0.15, -0.1) is 20.4 Å². The van der Waals surface area contributed by atoms with Gasteiger partial charge in [-0.3, -0.25) is 19.5 Å². The molecule has 13 heteroatoms. The number of hydrogen-bond acceptors (Lipinski definition) is 9. The van der Waals surface area contributed by atoms with Gasteiger partial charge in [-0.05, 0) is 31.2 Å². The zero-order valence-electron chi connectivity index (χ0n) is 18.7. The van der Waals surface area contributed by atoms with E-state index in [-0.39, 0.29) is 23.8 Å². The Morgan fingerprint density at radius 3 is 2.60 bits per heavy atom. The maximum atomic E-state index is 14.0. The van der Waals surface area contributed by atoms with Gasteiger partial charge < -0.3 is 10.1 Å². The van der Waals surface area contributed by atoms with E-state index in [4.69, 9.17) is 4.74 Å². The molecule has 0 saturated heterocycles. The van der Waals surface area contributed by atoms with Crippen LogP contribution in [-0.4, -0.2) is 49.6 Å². The Kier molecular flexibility index (Phi) is 7.67. The zero-order chi connectivity index (χ0) is 24.8. The summed E-state index contributed by atoms with van der Waals surface area (Å²) in [5, 5.41) is 23.1. The van der Waals surface area contributed by atoms with Gasteiger partial charge in [0.1, 0.15) is 16.6 Å². The Balaban J connectivity index is 1.55. The average molecular weight is 514 g/mol. The maximum absolute atomic E-state index is 14.0. The number of halogens is 1. The van der Waals surface area contributed by atoms with Crippen molar-refractivity contribution in [3.8, 4) is 11.4 Å². The third-order valence-corrected chi connectivity index (χ3v) is 6.34. The first kappa shape index (κ1) is 24.3. The summed E-state index contributed by atoms with van der Waals surface area (Å²) >= 11 is 2.43. The lowest BCUT2D eigenvalue weighted by molar-refractivity contribution is -0.113. The first-order valence-electron chi connectivity index (χ1n) is 10.3. The maximum Gasteiger partial charge on any atom is 0.254 e. The predicted molar refractivity (Wildman–Crippen MR) is 129 cm³/mol. The molecule has 0 atom stereocenters. The van der Waals surface area contributed by atoms with E-state index in [9.17, 15) is 14.0 Å². The van der Waals surface area contributed by atoms with E-state index in [1.165, 1.54) is 36.6 Å². The Hall–Kier alpha value is -3.84. The molecule has 180 valence electrons. The van der Waals surface area contributed by atoms with Crippen molar-refractivity contribution >= 4 is 40.0 Å². The van der Waals surface area contributed by atoms with Crippen molar-refractivity contribution < 1.29 is 18.7 Å². The summed E-state index contributed by atoms with van der Waals surface area (Å²) in [5.41, 5.74) is 0.548. The fraction of sp³-hybridized carbons (Fsp3) is 0.182. The molecule has 35 heavy (non-hydrogen) atoms. The fourth-order valence-electron chi connectivity index (χ4n) is 3.10. The number of amides is 2. The number of thioether (sulfide) groups is 1. The average Bonchev–Trinajstić information content (AvgIpc) is 3.46. The van der Waals surface area contributed by atoms with Crippen LogP contribution in [0.1, 0.15) is 21.2 Å². The standard InChI is InChI=1S/C22H20FN7O3S2/c1-13-26-28-21(35-13)25-19(31)12-34-22-29-27-18(30(22)16-9-5-6-10-17(16)33-2)11-24-20(32)14-7-3-4-8-15(14)23/h3-10H,11-12H2,1-2H3,(H,24,32)(H,25,28,31). The van der Waals surface area contributed by atoms with Gasteiger partial charge in [-0.25, -0.2) is 4.39 Å². The van der Waals surface area contributed by atoms with Crippen molar-refractivity contribution in [2.75, 3.05) is 18.2 Å². The minimum Gasteiger partial charge on any atom is -0.495 e. The molecule has 4 aromatic rings. The van der Waals surface area contributed by atoms with Crippen LogP contribution >= 0.6 is 23.1 Å². The number of methoxy groups -OCH3 is 1. The van der Waals surface area contributed by atoms with E-state index in [1.807, 2.05) is 12.1 Å². The highest BCUT2D eigenvalue weighted by Crippen LogP contribution is 2.29. The third kappa shape index (κ3) is 5.81. The number of benzene rings is 2. The van der Waals surface area contributed by atoms with Crippen LogP contribution in [0.25, 0.3) is 5.69 Å². The van der Waals surface area contributed by atoms with Gasteiger partial charge in [0.05, 0.1) is 30.7 Å². The van der Waals surface area contributed by atoms with Crippen molar-refractivity contribution in [2.24, 2.45) is 0 Å². The third-order valence-electron chi connectivity index (χ3n) is 4.66. The van der Waals surface area contributed by atoms with Crippen molar-refractivity contribution in [1.29, 1.82) is 0 Å². The smallest absolute Gasteiger partial charge is 0.254 e. The second-order valence-electron chi connectivity index (χ2n) is 7.03. The largest absolute Gasteiger partial charge is 0.495 e. The molecule has 0 unspecified atom stereocenters. The summed E-state index contributed by atoms with van der Waals surface area (Å²) in [7, 11) is 1.53.